The van der Waals surface area contributed by atoms with Crippen LogP contribution in [-0.4, -0.2) is 26.5 Å². The van der Waals surface area contributed by atoms with Crippen LogP contribution in [0.25, 0.3) is 5.69 Å². The SMILES string of the molecule is O=C(Cc1cnn(-c2ccccc2)c1)NNC(=O)c1ccc([N+](=O)[O-])cc1. The van der Waals surface area contributed by atoms with Crippen molar-refractivity contribution >= 4 is 17.5 Å². The summed E-state index contributed by atoms with van der Waals surface area (Å²) in [6.07, 6.45) is 3.34. The number of nitrogens with one attached hydrogen (secondary N) is 2. The molecule has 0 unspecified atom stereocenters. The number of aromatic nitrogens is 2. The quantitative estimate of drug-likeness (QED) is 0.528. The summed E-state index contributed by atoms with van der Waals surface area (Å²) >= 11 is 0. The van der Waals surface area contributed by atoms with Gasteiger partial charge in [-0.15, -0.1) is 0 Å². The highest BCUT2D eigenvalue weighted by atomic mass is 16.6. The summed E-state index contributed by atoms with van der Waals surface area (Å²) in [6, 6.07) is 14.5. The molecule has 0 spiro atoms. The van der Waals surface area contributed by atoms with Crippen LogP contribution in [0.3, 0.4) is 0 Å². The number of hydrogen-bond acceptors (Lipinski definition) is 5. The van der Waals surface area contributed by atoms with Gasteiger partial charge in [0.1, 0.15) is 0 Å². The van der Waals surface area contributed by atoms with Gasteiger partial charge in [-0.05, 0) is 29.8 Å². The van der Waals surface area contributed by atoms with Crippen molar-refractivity contribution < 1.29 is 14.5 Å². The summed E-state index contributed by atoms with van der Waals surface area (Å²) in [5, 5.41) is 14.8. The fourth-order valence-electron chi connectivity index (χ4n) is 2.34. The summed E-state index contributed by atoms with van der Waals surface area (Å²) in [6.45, 7) is 0. The molecule has 136 valence electrons. The van der Waals surface area contributed by atoms with E-state index in [1.807, 2.05) is 30.3 Å². The number of para-hydroxylation sites is 1. The molecule has 9 nitrogen and oxygen atoms in total. The normalized spacial score (nSPS) is 10.2. The minimum Gasteiger partial charge on any atom is -0.273 e. The average molecular weight is 365 g/mol. The van der Waals surface area contributed by atoms with Crippen molar-refractivity contribution in [3.63, 3.8) is 0 Å². The zero-order valence-corrected chi connectivity index (χ0v) is 14.0. The molecule has 9 heteroatoms. The number of carbonyl (C=O) groups excluding carboxylic acids is 2. The molecular formula is C18H15N5O4. The molecular weight excluding hydrogens is 350 g/mol. The van der Waals surface area contributed by atoms with E-state index in [9.17, 15) is 19.7 Å². The smallest absolute Gasteiger partial charge is 0.269 e. The Morgan fingerprint density at radius 3 is 2.41 bits per heavy atom. The molecule has 2 aromatic carbocycles. The minimum absolute atomic E-state index is 0.0351. The van der Waals surface area contributed by atoms with Crippen molar-refractivity contribution in [1.82, 2.24) is 20.6 Å². The molecule has 0 aliphatic rings. The number of nitrogens with zero attached hydrogens (tertiary/aromatic N) is 3. The van der Waals surface area contributed by atoms with Crippen LogP contribution in [0, 0.1) is 10.1 Å². The highest BCUT2D eigenvalue weighted by Crippen LogP contribution is 2.11. The van der Waals surface area contributed by atoms with Crippen molar-refractivity contribution in [1.29, 1.82) is 0 Å². The first-order valence-corrected chi connectivity index (χ1v) is 7.95. The van der Waals surface area contributed by atoms with E-state index in [1.54, 1.807) is 17.1 Å². The topological polar surface area (TPSA) is 119 Å². The molecule has 2 N–H and O–H groups in total. The third-order valence-electron chi connectivity index (χ3n) is 3.68. The van der Waals surface area contributed by atoms with Crippen molar-refractivity contribution in [2.24, 2.45) is 0 Å². The van der Waals surface area contributed by atoms with Crippen LogP contribution in [-0.2, 0) is 11.2 Å². The third-order valence-corrected chi connectivity index (χ3v) is 3.68. The van der Waals surface area contributed by atoms with Gasteiger partial charge in [-0.25, -0.2) is 4.68 Å². The van der Waals surface area contributed by atoms with Crippen LogP contribution < -0.4 is 10.9 Å². The van der Waals surface area contributed by atoms with E-state index < -0.39 is 16.7 Å². The van der Waals surface area contributed by atoms with E-state index in [0.717, 1.165) is 5.69 Å². The number of non-ortho nitro benzene ring substituents is 1. The van der Waals surface area contributed by atoms with Gasteiger partial charge in [-0.3, -0.25) is 30.6 Å². The number of hydrogen-bond donors (Lipinski definition) is 2. The van der Waals surface area contributed by atoms with Crippen LogP contribution in [0.2, 0.25) is 0 Å². The summed E-state index contributed by atoms with van der Waals surface area (Å²) in [5.74, 6) is -0.990. The first kappa shape index (κ1) is 17.8. The summed E-state index contributed by atoms with van der Waals surface area (Å²) in [7, 11) is 0. The number of amides is 2. The molecule has 0 aliphatic carbocycles. The molecule has 0 fully saturated rings. The Labute approximate surface area is 153 Å². The summed E-state index contributed by atoms with van der Waals surface area (Å²) < 4.78 is 1.65. The number of nitro benzene ring substituents is 1. The number of rotatable bonds is 5. The number of hydrazine groups is 1. The van der Waals surface area contributed by atoms with E-state index in [-0.39, 0.29) is 17.7 Å². The Balaban J connectivity index is 1.53. The van der Waals surface area contributed by atoms with Crippen molar-refractivity contribution in [2.45, 2.75) is 6.42 Å². The molecule has 1 heterocycles. The monoisotopic (exact) mass is 365 g/mol. The Kier molecular flexibility index (Phi) is 5.22. The van der Waals surface area contributed by atoms with Crippen LogP contribution >= 0.6 is 0 Å². The van der Waals surface area contributed by atoms with Gasteiger partial charge in [0.05, 0.1) is 23.2 Å². The third kappa shape index (κ3) is 4.54. The second-order valence-electron chi connectivity index (χ2n) is 5.61. The lowest BCUT2D eigenvalue weighted by molar-refractivity contribution is -0.384. The van der Waals surface area contributed by atoms with Gasteiger partial charge in [-0.1, -0.05) is 18.2 Å². The van der Waals surface area contributed by atoms with E-state index in [0.29, 0.717) is 5.56 Å². The molecule has 3 rings (SSSR count). The Morgan fingerprint density at radius 2 is 1.74 bits per heavy atom. The maximum Gasteiger partial charge on any atom is 0.269 e. The number of nitro groups is 1. The van der Waals surface area contributed by atoms with E-state index in [1.165, 1.54) is 24.3 Å². The zero-order valence-electron chi connectivity index (χ0n) is 14.0. The van der Waals surface area contributed by atoms with Gasteiger partial charge in [0.2, 0.25) is 5.91 Å². The first-order chi connectivity index (χ1) is 13.0. The predicted octanol–water partition coefficient (Wildman–Crippen LogP) is 1.78. The first-order valence-electron chi connectivity index (χ1n) is 7.95. The molecule has 27 heavy (non-hydrogen) atoms. The van der Waals surface area contributed by atoms with Crippen LogP contribution in [0.4, 0.5) is 5.69 Å². The molecule has 2 amide bonds. The van der Waals surface area contributed by atoms with Crippen LogP contribution in [0.5, 0.6) is 0 Å². The van der Waals surface area contributed by atoms with Gasteiger partial charge < -0.3 is 0 Å². The second-order valence-corrected chi connectivity index (χ2v) is 5.61. The van der Waals surface area contributed by atoms with Gasteiger partial charge in [0, 0.05) is 23.9 Å². The van der Waals surface area contributed by atoms with Gasteiger partial charge >= 0.3 is 0 Å². The van der Waals surface area contributed by atoms with Gasteiger partial charge in [-0.2, -0.15) is 5.10 Å². The van der Waals surface area contributed by atoms with E-state index in [2.05, 4.69) is 16.0 Å². The lowest BCUT2D eigenvalue weighted by Crippen LogP contribution is -2.42. The molecule has 0 saturated heterocycles. The fraction of sp³-hybridized carbons (Fsp3) is 0.0556. The standard InChI is InChI=1S/C18H15N5O4/c24-17(10-13-11-19-22(12-13)15-4-2-1-3-5-15)20-21-18(25)14-6-8-16(9-7-14)23(26)27/h1-9,11-12H,10H2,(H,20,24)(H,21,25). The Hall–Kier alpha value is -4.01. The number of carbonyl (C=O) groups is 2. The Morgan fingerprint density at radius 1 is 1.04 bits per heavy atom. The largest absolute Gasteiger partial charge is 0.273 e. The summed E-state index contributed by atoms with van der Waals surface area (Å²) in [5.41, 5.74) is 6.20. The molecule has 0 atom stereocenters. The van der Waals surface area contributed by atoms with Gasteiger partial charge in [0.15, 0.2) is 0 Å². The zero-order chi connectivity index (χ0) is 19.2. The highest BCUT2D eigenvalue weighted by Gasteiger charge is 2.11. The molecule has 0 bridgehead atoms. The second kappa shape index (κ2) is 7.91. The highest BCUT2D eigenvalue weighted by molar-refractivity contribution is 5.95. The van der Waals surface area contributed by atoms with Crippen LogP contribution in [0.15, 0.2) is 67.0 Å². The van der Waals surface area contributed by atoms with Gasteiger partial charge in [0.25, 0.3) is 11.6 Å². The maximum atomic E-state index is 12.0. The average Bonchev–Trinajstić information content (AvgIpc) is 3.15. The van der Waals surface area contributed by atoms with Crippen molar-refractivity contribution in [2.75, 3.05) is 0 Å². The predicted molar refractivity (Wildman–Crippen MR) is 96.0 cm³/mol. The lowest BCUT2D eigenvalue weighted by Gasteiger charge is -2.06. The molecule has 0 radical (unpaired) electrons. The van der Waals surface area contributed by atoms with E-state index in [4.69, 9.17) is 0 Å². The maximum absolute atomic E-state index is 12.0. The lowest BCUT2D eigenvalue weighted by atomic mass is 10.2. The molecule has 0 aliphatic heterocycles. The summed E-state index contributed by atoms with van der Waals surface area (Å²) in [4.78, 5) is 34.0. The molecule has 3 aromatic rings. The molecule has 0 saturated carbocycles. The Bertz CT molecular complexity index is 967. The minimum atomic E-state index is -0.571. The van der Waals surface area contributed by atoms with E-state index >= 15 is 0 Å². The van der Waals surface area contributed by atoms with Crippen molar-refractivity contribution in [3.8, 4) is 5.69 Å². The molecule has 1 aromatic heterocycles. The fourth-order valence-corrected chi connectivity index (χ4v) is 2.34. The van der Waals surface area contributed by atoms with Crippen molar-refractivity contribution in [3.05, 3.63) is 88.2 Å². The number of benzene rings is 2. The van der Waals surface area contributed by atoms with Crippen LogP contribution in [0.1, 0.15) is 15.9 Å².